The van der Waals surface area contributed by atoms with Gasteiger partial charge in [0.15, 0.2) is 6.10 Å². The highest BCUT2D eigenvalue weighted by atomic mass is 35.5. The van der Waals surface area contributed by atoms with Gasteiger partial charge in [0.05, 0.1) is 11.4 Å². The lowest BCUT2D eigenvalue weighted by Gasteiger charge is -2.31. The molecule has 4 rings (SSSR count). The Kier molecular flexibility index (Phi) is 4.72. The van der Waals surface area contributed by atoms with E-state index in [-0.39, 0.29) is 18.2 Å². The maximum atomic E-state index is 12.9. The molecule has 5 nitrogen and oxygen atoms in total. The number of ether oxygens (including phenoxy) is 1. The number of rotatable bonds is 4. The zero-order valence-corrected chi connectivity index (χ0v) is 15.2. The van der Waals surface area contributed by atoms with E-state index in [0.717, 1.165) is 18.7 Å². The van der Waals surface area contributed by atoms with Crippen molar-refractivity contribution in [3.8, 4) is 5.75 Å². The first-order valence-electron chi connectivity index (χ1n) is 8.83. The van der Waals surface area contributed by atoms with Crippen molar-refractivity contribution >= 4 is 17.5 Å². The van der Waals surface area contributed by atoms with E-state index in [2.05, 4.69) is 9.97 Å². The molecule has 27 heavy (non-hydrogen) atoms. The zero-order valence-electron chi connectivity index (χ0n) is 14.4. The van der Waals surface area contributed by atoms with Crippen LogP contribution in [0, 0.1) is 0 Å². The zero-order chi connectivity index (χ0) is 19.0. The van der Waals surface area contributed by atoms with Crippen molar-refractivity contribution in [1.82, 2.24) is 14.9 Å². The van der Waals surface area contributed by atoms with E-state index >= 15 is 0 Å². The number of hydrogen-bond donors (Lipinski definition) is 0. The lowest BCUT2D eigenvalue weighted by molar-refractivity contribution is 0.0662. The van der Waals surface area contributed by atoms with Gasteiger partial charge in [0, 0.05) is 37.0 Å². The smallest absolute Gasteiger partial charge is 0.288 e. The fourth-order valence-electron chi connectivity index (χ4n) is 3.21. The Morgan fingerprint density at radius 2 is 1.74 bits per heavy atom. The fourth-order valence-corrected chi connectivity index (χ4v) is 3.31. The SMILES string of the molecule is O=C(c1ccc(OC2CC2(F)F)cc1)N1CCC(c2ncc(Cl)cn2)CC1. The highest BCUT2D eigenvalue weighted by Crippen LogP contribution is 2.44. The van der Waals surface area contributed by atoms with Crippen LogP contribution in [-0.2, 0) is 0 Å². The van der Waals surface area contributed by atoms with Crippen LogP contribution in [0.3, 0.4) is 0 Å². The quantitative estimate of drug-likeness (QED) is 0.789. The minimum Gasteiger partial charge on any atom is -0.484 e. The summed E-state index contributed by atoms with van der Waals surface area (Å²) in [4.78, 5) is 23.0. The molecule has 1 aromatic heterocycles. The van der Waals surface area contributed by atoms with Gasteiger partial charge in [-0.1, -0.05) is 11.6 Å². The maximum absolute atomic E-state index is 12.9. The first kappa shape index (κ1) is 18.1. The number of hydrogen-bond acceptors (Lipinski definition) is 4. The Labute approximate surface area is 160 Å². The highest BCUT2D eigenvalue weighted by Gasteiger charge is 2.59. The molecule has 2 aromatic rings. The van der Waals surface area contributed by atoms with Gasteiger partial charge in [-0.25, -0.2) is 18.7 Å². The first-order chi connectivity index (χ1) is 12.9. The summed E-state index contributed by atoms with van der Waals surface area (Å²) in [6.07, 6.45) is 3.44. The number of amides is 1. The molecule has 1 unspecified atom stereocenters. The molecule has 1 aliphatic carbocycles. The number of nitrogens with zero attached hydrogens (tertiary/aromatic N) is 3. The van der Waals surface area contributed by atoms with E-state index in [1.165, 1.54) is 0 Å². The second-order valence-electron chi connectivity index (χ2n) is 6.92. The molecule has 0 bridgehead atoms. The van der Waals surface area contributed by atoms with Crippen LogP contribution in [-0.4, -0.2) is 45.9 Å². The van der Waals surface area contributed by atoms with E-state index in [4.69, 9.17) is 16.3 Å². The molecule has 2 aliphatic rings. The Morgan fingerprint density at radius 1 is 1.15 bits per heavy atom. The van der Waals surface area contributed by atoms with Crippen LogP contribution in [0.5, 0.6) is 5.75 Å². The Bertz CT molecular complexity index is 822. The molecule has 1 saturated carbocycles. The van der Waals surface area contributed by atoms with Crippen LogP contribution in [0.2, 0.25) is 5.02 Å². The van der Waals surface area contributed by atoms with Crippen molar-refractivity contribution in [1.29, 1.82) is 0 Å². The fraction of sp³-hybridized carbons (Fsp3) is 0.421. The van der Waals surface area contributed by atoms with Gasteiger partial charge < -0.3 is 9.64 Å². The number of carbonyl (C=O) groups is 1. The number of aromatic nitrogens is 2. The lowest BCUT2D eigenvalue weighted by atomic mass is 9.95. The Balaban J connectivity index is 1.33. The molecule has 142 valence electrons. The Hall–Kier alpha value is -2.28. The van der Waals surface area contributed by atoms with Crippen LogP contribution in [0.15, 0.2) is 36.7 Å². The van der Waals surface area contributed by atoms with Gasteiger partial charge in [-0.05, 0) is 37.1 Å². The third kappa shape index (κ3) is 4.03. The summed E-state index contributed by atoms with van der Waals surface area (Å²) < 4.78 is 31.0. The van der Waals surface area contributed by atoms with Crippen molar-refractivity contribution in [2.45, 2.75) is 37.2 Å². The number of likely N-dealkylation sites (tertiary alicyclic amines) is 1. The normalized spacial score (nSPS) is 21.7. The number of carbonyl (C=O) groups excluding carboxylic acids is 1. The van der Waals surface area contributed by atoms with Gasteiger partial charge in [-0.2, -0.15) is 0 Å². The summed E-state index contributed by atoms with van der Waals surface area (Å²) in [5.74, 6) is -1.49. The molecule has 1 saturated heterocycles. The third-order valence-corrected chi connectivity index (χ3v) is 5.13. The van der Waals surface area contributed by atoms with E-state index < -0.39 is 12.0 Å². The Morgan fingerprint density at radius 3 is 2.30 bits per heavy atom. The van der Waals surface area contributed by atoms with Crippen molar-refractivity contribution in [2.75, 3.05) is 13.1 Å². The van der Waals surface area contributed by atoms with Crippen molar-refractivity contribution in [3.05, 3.63) is 53.1 Å². The van der Waals surface area contributed by atoms with Crippen molar-refractivity contribution in [3.63, 3.8) is 0 Å². The summed E-state index contributed by atoms with van der Waals surface area (Å²) in [7, 11) is 0. The predicted octanol–water partition coefficient (Wildman–Crippen LogP) is 3.94. The van der Waals surface area contributed by atoms with E-state index in [9.17, 15) is 13.6 Å². The molecule has 1 aromatic carbocycles. The van der Waals surface area contributed by atoms with Crippen LogP contribution < -0.4 is 4.74 Å². The van der Waals surface area contributed by atoms with Crippen LogP contribution in [0.4, 0.5) is 8.78 Å². The molecular weight excluding hydrogens is 376 g/mol. The summed E-state index contributed by atoms with van der Waals surface area (Å²) in [5, 5.41) is 0.504. The third-order valence-electron chi connectivity index (χ3n) is 4.94. The van der Waals surface area contributed by atoms with E-state index in [1.54, 1.807) is 41.6 Å². The van der Waals surface area contributed by atoms with Crippen LogP contribution >= 0.6 is 11.6 Å². The highest BCUT2D eigenvalue weighted by molar-refractivity contribution is 6.30. The van der Waals surface area contributed by atoms with Crippen LogP contribution in [0.25, 0.3) is 0 Å². The largest absolute Gasteiger partial charge is 0.484 e. The van der Waals surface area contributed by atoms with Gasteiger partial charge in [0.25, 0.3) is 11.8 Å². The van der Waals surface area contributed by atoms with Gasteiger partial charge in [-0.3, -0.25) is 4.79 Å². The van der Waals surface area contributed by atoms with E-state index in [1.807, 2.05) is 0 Å². The first-order valence-corrected chi connectivity index (χ1v) is 9.21. The van der Waals surface area contributed by atoms with Crippen molar-refractivity contribution < 1.29 is 18.3 Å². The molecule has 0 radical (unpaired) electrons. The molecular formula is C19H18ClF2N3O2. The molecule has 1 atom stereocenters. The molecule has 2 heterocycles. The minimum atomic E-state index is -2.73. The average molecular weight is 394 g/mol. The predicted molar refractivity (Wildman–Crippen MR) is 95.3 cm³/mol. The lowest BCUT2D eigenvalue weighted by Crippen LogP contribution is -2.38. The average Bonchev–Trinajstić information content (AvgIpc) is 3.28. The van der Waals surface area contributed by atoms with Gasteiger partial charge in [0.2, 0.25) is 0 Å². The molecule has 2 fully saturated rings. The topological polar surface area (TPSA) is 55.3 Å². The standard InChI is InChI=1S/C19H18ClF2N3O2/c20-14-10-23-17(24-11-14)12-5-7-25(8-6-12)18(26)13-1-3-15(4-2-13)27-16-9-19(16,21)22/h1-4,10-12,16H,5-9H2. The van der Waals surface area contributed by atoms with Gasteiger partial charge in [-0.15, -0.1) is 0 Å². The van der Waals surface area contributed by atoms with E-state index in [0.29, 0.717) is 29.4 Å². The summed E-state index contributed by atoms with van der Waals surface area (Å²) in [6.45, 7) is 1.23. The summed E-state index contributed by atoms with van der Waals surface area (Å²) in [6, 6.07) is 6.37. The minimum absolute atomic E-state index is 0.0752. The molecule has 1 amide bonds. The summed E-state index contributed by atoms with van der Waals surface area (Å²) >= 11 is 5.82. The second kappa shape index (κ2) is 7.03. The van der Waals surface area contributed by atoms with Crippen molar-refractivity contribution in [2.24, 2.45) is 0 Å². The maximum Gasteiger partial charge on any atom is 0.288 e. The van der Waals surface area contributed by atoms with Gasteiger partial charge in [0.1, 0.15) is 11.6 Å². The molecule has 1 aliphatic heterocycles. The molecule has 0 spiro atoms. The molecule has 0 N–H and O–H groups in total. The monoisotopic (exact) mass is 393 g/mol. The summed E-state index contributed by atoms with van der Waals surface area (Å²) in [5.41, 5.74) is 0.520. The number of alkyl halides is 2. The molecule has 8 heteroatoms. The van der Waals surface area contributed by atoms with Gasteiger partial charge >= 0.3 is 0 Å². The van der Waals surface area contributed by atoms with Crippen LogP contribution in [0.1, 0.15) is 41.4 Å². The number of piperidine rings is 1. The number of benzene rings is 1. The number of halogens is 3. The second-order valence-corrected chi connectivity index (χ2v) is 7.36.